The van der Waals surface area contributed by atoms with Gasteiger partial charge in [0.2, 0.25) is 11.9 Å². The van der Waals surface area contributed by atoms with Crippen LogP contribution in [-0.4, -0.2) is 48.4 Å². The van der Waals surface area contributed by atoms with Crippen molar-refractivity contribution in [1.29, 1.82) is 0 Å². The fourth-order valence-electron chi connectivity index (χ4n) is 3.89. The molecule has 0 saturated carbocycles. The second-order valence-electron chi connectivity index (χ2n) is 8.37. The number of benzene rings is 2. The summed E-state index contributed by atoms with van der Waals surface area (Å²) < 4.78 is 10.9. The van der Waals surface area contributed by atoms with E-state index in [0.717, 1.165) is 30.8 Å². The monoisotopic (exact) mass is 419 g/mol. The van der Waals surface area contributed by atoms with Crippen LogP contribution < -0.4 is 15.4 Å². The molecule has 0 aliphatic carbocycles. The second-order valence-corrected chi connectivity index (χ2v) is 8.37. The largest absolute Gasteiger partial charge is 0.497 e. The van der Waals surface area contributed by atoms with Gasteiger partial charge in [-0.25, -0.2) is 0 Å². The molecule has 1 saturated heterocycles. The normalized spacial score (nSPS) is 14.5. The van der Waals surface area contributed by atoms with Gasteiger partial charge in [0.05, 0.1) is 20.3 Å². The van der Waals surface area contributed by atoms with E-state index in [2.05, 4.69) is 65.1 Å². The number of nitrogens with zero attached hydrogens (tertiary/aromatic N) is 4. The van der Waals surface area contributed by atoms with Gasteiger partial charge in [0.15, 0.2) is 0 Å². The van der Waals surface area contributed by atoms with Gasteiger partial charge < -0.3 is 20.1 Å². The van der Waals surface area contributed by atoms with E-state index in [1.165, 1.54) is 11.1 Å². The predicted molar refractivity (Wildman–Crippen MR) is 122 cm³/mol. The van der Waals surface area contributed by atoms with Gasteiger partial charge >= 0.3 is 0 Å². The molecule has 0 bridgehead atoms. The summed E-state index contributed by atoms with van der Waals surface area (Å²) in [5, 5.41) is 0. The Bertz CT molecular complexity index is 1050. The summed E-state index contributed by atoms with van der Waals surface area (Å²) in [5.74, 6) is 2.41. The van der Waals surface area contributed by atoms with E-state index in [1.54, 1.807) is 7.11 Å². The zero-order chi connectivity index (χ0) is 21.8. The van der Waals surface area contributed by atoms with Crippen LogP contribution in [0, 0.1) is 0 Å². The van der Waals surface area contributed by atoms with Crippen LogP contribution in [0.4, 0.5) is 11.9 Å². The van der Waals surface area contributed by atoms with Crippen LogP contribution in [0.25, 0.3) is 11.1 Å². The average molecular weight is 420 g/mol. The molecule has 0 radical (unpaired) electrons. The summed E-state index contributed by atoms with van der Waals surface area (Å²) in [6.07, 6.45) is 0.756. The van der Waals surface area contributed by atoms with Crippen molar-refractivity contribution in [2.24, 2.45) is 0 Å². The molecular formula is C24H29N5O2. The molecule has 3 aromatic rings. The molecule has 2 heterocycles. The number of nitrogens with two attached hydrogens (primary N) is 1. The zero-order valence-electron chi connectivity index (χ0n) is 18.3. The molecule has 7 nitrogen and oxygen atoms in total. The van der Waals surface area contributed by atoms with E-state index < -0.39 is 0 Å². The van der Waals surface area contributed by atoms with E-state index >= 15 is 0 Å². The predicted octanol–water partition coefficient (Wildman–Crippen LogP) is 3.49. The third-order valence-electron chi connectivity index (χ3n) is 5.57. The van der Waals surface area contributed by atoms with Crippen LogP contribution in [0.3, 0.4) is 0 Å². The summed E-state index contributed by atoms with van der Waals surface area (Å²) >= 11 is 0. The lowest BCUT2D eigenvalue weighted by Gasteiger charge is -2.29. The Kier molecular flexibility index (Phi) is 6.04. The Labute approximate surface area is 183 Å². The average Bonchev–Trinajstić information content (AvgIpc) is 2.79. The molecule has 0 unspecified atom stereocenters. The van der Waals surface area contributed by atoms with Crippen molar-refractivity contribution in [2.75, 3.05) is 44.0 Å². The van der Waals surface area contributed by atoms with Crippen molar-refractivity contribution in [3.05, 3.63) is 59.9 Å². The van der Waals surface area contributed by atoms with Crippen molar-refractivity contribution in [3.8, 4) is 16.9 Å². The number of morpholine rings is 1. The number of nitrogen functional groups attached to an aromatic ring is 1. The van der Waals surface area contributed by atoms with Crippen LogP contribution in [0.15, 0.2) is 48.5 Å². The maximum Gasteiger partial charge on any atom is 0.230 e. The topological polar surface area (TPSA) is 86.4 Å². The van der Waals surface area contributed by atoms with Crippen LogP contribution in [0.2, 0.25) is 0 Å². The van der Waals surface area contributed by atoms with Gasteiger partial charge in [-0.05, 0) is 35.2 Å². The summed E-state index contributed by atoms with van der Waals surface area (Å²) in [5.41, 5.74) is 9.24. The first-order chi connectivity index (χ1) is 15.0. The number of rotatable bonds is 6. The van der Waals surface area contributed by atoms with Crippen LogP contribution in [0.5, 0.6) is 5.75 Å². The first-order valence-electron chi connectivity index (χ1n) is 10.5. The van der Waals surface area contributed by atoms with Gasteiger partial charge in [0.1, 0.15) is 11.6 Å². The first-order valence-corrected chi connectivity index (χ1v) is 10.5. The first kappa shape index (κ1) is 21.1. The highest BCUT2D eigenvalue weighted by Gasteiger charge is 2.28. The molecule has 2 aromatic carbocycles. The smallest absolute Gasteiger partial charge is 0.230 e. The van der Waals surface area contributed by atoms with E-state index in [9.17, 15) is 0 Å². The minimum Gasteiger partial charge on any atom is -0.497 e. The van der Waals surface area contributed by atoms with Gasteiger partial charge in [-0.15, -0.1) is 0 Å². The number of hydrogen-bond donors (Lipinski definition) is 1. The SMILES string of the molecule is COc1cccc(-c2ccccc2CC(C)(C)c2nc(N)nc(N3CCOCC3)n2)c1. The Morgan fingerprint density at radius 3 is 2.58 bits per heavy atom. The van der Waals surface area contributed by atoms with E-state index in [1.807, 2.05) is 12.1 Å². The summed E-state index contributed by atoms with van der Waals surface area (Å²) in [6, 6.07) is 16.5. The molecule has 1 fully saturated rings. The second kappa shape index (κ2) is 8.89. The molecule has 2 N–H and O–H groups in total. The molecule has 1 aromatic heterocycles. The van der Waals surface area contributed by atoms with Crippen molar-refractivity contribution < 1.29 is 9.47 Å². The number of methoxy groups -OCH3 is 1. The lowest BCUT2D eigenvalue weighted by molar-refractivity contribution is 0.122. The van der Waals surface area contributed by atoms with Gasteiger partial charge in [0.25, 0.3) is 0 Å². The Hall–Kier alpha value is -3.19. The Morgan fingerprint density at radius 1 is 1.03 bits per heavy atom. The van der Waals surface area contributed by atoms with Gasteiger partial charge in [-0.3, -0.25) is 0 Å². The van der Waals surface area contributed by atoms with Crippen molar-refractivity contribution in [2.45, 2.75) is 25.7 Å². The summed E-state index contributed by atoms with van der Waals surface area (Å²) in [4.78, 5) is 15.8. The molecular weight excluding hydrogens is 390 g/mol. The van der Waals surface area contributed by atoms with E-state index in [0.29, 0.717) is 25.0 Å². The third kappa shape index (κ3) is 4.77. The Balaban J connectivity index is 1.66. The number of ether oxygens (including phenoxy) is 2. The number of hydrogen-bond acceptors (Lipinski definition) is 7. The van der Waals surface area contributed by atoms with Crippen LogP contribution >= 0.6 is 0 Å². The van der Waals surface area contributed by atoms with Crippen molar-refractivity contribution >= 4 is 11.9 Å². The summed E-state index contributed by atoms with van der Waals surface area (Å²) in [6.45, 7) is 7.13. The molecule has 0 atom stereocenters. The summed E-state index contributed by atoms with van der Waals surface area (Å²) in [7, 11) is 1.69. The van der Waals surface area contributed by atoms with Gasteiger partial charge in [-0.1, -0.05) is 50.2 Å². The minimum atomic E-state index is -0.340. The molecule has 31 heavy (non-hydrogen) atoms. The van der Waals surface area contributed by atoms with E-state index in [4.69, 9.17) is 20.2 Å². The maximum absolute atomic E-state index is 6.08. The van der Waals surface area contributed by atoms with Gasteiger partial charge in [0, 0.05) is 18.5 Å². The van der Waals surface area contributed by atoms with Crippen molar-refractivity contribution in [1.82, 2.24) is 15.0 Å². The van der Waals surface area contributed by atoms with Crippen LogP contribution in [-0.2, 0) is 16.6 Å². The van der Waals surface area contributed by atoms with E-state index in [-0.39, 0.29) is 11.4 Å². The molecule has 0 amide bonds. The third-order valence-corrected chi connectivity index (χ3v) is 5.57. The molecule has 0 spiro atoms. The minimum absolute atomic E-state index is 0.251. The fourth-order valence-corrected chi connectivity index (χ4v) is 3.89. The molecule has 1 aliphatic rings. The molecule has 7 heteroatoms. The lowest BCUT2D eigenvalue weighted by Crippen LogP contribution is -2.38. The highest BCUT2D eigenvalue weighted by molar-refractivity contribution is 5.69. The maximum atomic E-state index is 6.08. The quantitative estimate of drug-likeness (QED) is 0.654. The highest BCUT2D eigenvalue weighted by atomic mass is 16.5. The number of anilines is 2. The molecule has 162 valence electrons. The highest BCUT2D eigenvalue weighted by Crippen LogP contribution is 2.33. The molecule has 4 rings (SSSR count). The van der Waals surface area contributed by atoms with Crippen LogP contribution in [0.1, 0.15) is 25.2 Å². The van der Waals surface area contributed by atoms with Crippen molar-refractivity contribution in [3.63, 3.8) is 0 Å². The fraction of sp³-hybridized carbons (Fsp3) is 0.375. The molecule has 1 aliphatic heterocycles. The zero-order valence-corrected chi connectivity index (χ0v) is 18.3. The Morgan fingerprint density at radius 2 is 1.81 bits per heavy atom. The lowest BCUT2D eigenvalue weighted by atomic mass is 9.82. The van der Waals surface area contributed by atoms with Gasteiger partial charge in [-0.2, -0.15) is 15.0 Å². The standard InChI is InChI=1S/C24H29N5O2/c1-24(2,21-26-22(25)28-23(27-21)29-11-13-31-14-12-29)16-18-7-4-5-10-20(18)17-8-6-9-19(15-17)30-3/h4-10,15H,11-14,16H2,1-3H3,(H2,25,26,27,28). The number of aromatic nitrogens is 3.